The third kappa shape index (κ3) is 1.28. The monoisotopic (exact) mass is 174 g/mol. The molecule has 0 amide bonds. The average Bonchev–Trinajstić information content (AvgIpc) is 2.00. The Morgan fingerprint density at radius 3 is 2.38 bits per heavy atom. The van der Waals surface area contributed by atoms with E-state index in [0.29, 0.717) is 6.42 Å². The predicted molar refractivity (Wildman–Crippen MR) is 53.2 cm³/mol. The van der Waals surface area contributed by atoms with Gasteiger partial charge in [-0.3, -0.25) is 4.79 Å². The first-order valence-electron chi connectivity index (χ1n) is 4.65. The van der Waals surface area contributed by atoms with Crippen molar-refractivity contribution in [2.75, 3.05) is 0 Å². The molecule has 0 atom stereocenters. The molecule has 0 heterocycles. The number of rotatable bonds is 0. The van der Waals surface area contributed by atoms with Crippen LogP contribution in [0.1, 0.15) is 42.3 Å². The summed E-state index contributed by atoms with van der Waals surface area (Å²) in [6.45, 7) is 6.57. The van der Waals surface area contributed by atoms with Crippen LogP contribution in [-0.2, 0) is 11.8 Å². The van der Waals surface area contributed by atoms with Gasteiger partial charge in [-0.25, -0.2) is 0 Å². The first kappa shape index (κ1) is 8.49. The van der Waals surface area contributed by atoms with Crippen molar-refractivity contribution in [3.8, 4) is 0 Å². The fourth-order valence-electron chi connectivity index (χ4n) is 1.64. The third-order valence-electron chi connectivity index (χ3n) is 2.62. The van der Waals surface area contributed by atoms with Gasteiger partial charge in [0.1, 0.15) is 0 Å². The second kappa shape index (κ2) is 2.44. The van der Waals surface area contributed by atoms with Crippen LogP contribution in [0.3, 0.4) is 0 Å². The van der Waals surface area contributed by atoms with Crippen molar-refractivity contribution in [2.45, 2.75) is 32.6 Å². The Bertz CT molecular complexity index is 369. The molecule has 0 aliphatic heterocycles. The summed E-state index contributed by atoms with van der Waals surface area (Å²) in [5, 5.41) is 0. The van der Waals surface area contributed by atoms with Gasteiger partial charge in [0, 0.05) is 12.0 Å². The zero-order valence-electron chi connectivity index (χ0n) is 8.35. The first-order chi connectivity index (χ1) is 5.98. The molecule has 0 saturated heterocycles. The van der Waals surface area contributed by atoms with Gasteiger partial charge in [-0.2, -0.15) is 0 Å². The van der Waals surface area contributed by atoms with E-state index in [2.05, 4.69) is 32.9 Å². The normalized spacial score (nSPS) is 15.2. The maximum absolute atomic E-state index is 11.1. The molecule has 1 aromatic rings. The third-order valence-corrected chi connectivity index (χ3v) is 2.62. The fraction of sp³-hybridized carbons (Fsp3) is 0.417. The Kier molecular flexibility index (Phi) is 1.59. The molecule has 1 aliphatic carbocycles. The number of carbonyl (C=O) groups is 1. The molecule has 0 radical (unpaired) electrons. The number of carbonyl (C=O) groups excluding carboxylic acids is 1. The highest BCUT2D eigenvalue weighted by Gasteiger charge is 2.25. The van der Waals surface area contributed by atoms with E-state index in [4.69, 9.17) is 0 Å². The highest BCUT2D eigenvalue weighted by atomic mass is 16.1. The van der Waals surface area contributed by atoms with E-state index >= 15 is 0 Å². The van der Waals surface area contributed by atoms with Crippen molar-refractivity contribution in [1.29, 1.82) is 0 Å². The van der Waals surface area contributed by atoms with Crippen molar-refractivity contribution in [3.05, 3.63) is 34.9 Å². The second-order valence-electron chi connectivity index (χ2n) is 4.72. The summed E-state index contributed by atoms with van der Waals surface area (Å²) in [5.74, 6) is 0.287. The highest BCUT2D eigenvalue weighted by Crippen LogP contribution is 2.29. The molecule has 0 aromatic heterocycles. The highest BCUT2D eigenvalue weighted by molar-refractivity contribution is 6.06. The van der Waals surface area contributed by atoms with Crippen LogP contribution in [0.4, 0.5) is 0 Å². The predicted octanol–water partition coefficient (Wildman–Crippen LogP) is 2.72. The molecule has 0 saturated carbocycles. The van der Waals surface area contributed by atoms with Crippen molar-refractivity contribution in [2.24, 2.45) is 0 Å². The van der Waals surface area contributed by atoms with E-state index in [9.17, 15) is 4.79 Å². The minimum atomic E-state index is 0.188. The summed E-state index contributed by atoms with van der Waals surface area (Å²) < 4.78 is 0. The molecule has 68 valence electrons. The number of hydrogen-bond donors (Lipinski definition) is 0. The molecule has 0 bridgehead atoms. The number of hydrogen-bond acceptors (Lipinski definition) is 1. The summed E-state index contributed by atoms with van der Waals surface area (Å²) in [6.07, 6.45) is 0.638. The van der Waals surface area contributed by atoms with Gasteiger partial charge in [0.15, 0.2) is 5.78 Å². The number of ketones is 1. The number of benzene rings is 1. The van der Waals surface area contributed by atoms with Crippen LogP contribution in [0.5, 0.6) is 0 Å². The summed E-state index contributed by atoms with van der Waals surface area (Å²) in [4.78, 5) is 11.1. The summed E-state index contributed by atoms with van der Waals surface area (Å²) >= 11 is 0. The molecule has 13 heavy (non-hydrogen) atoms. The standard InChI is InChI=1S/C12H14O/c1-12(2,3)9-4-5-10-8(6-9)7-11(10)13/h4-6H,7H2,1-3H3. The second-order valence-corrected chi connectivity index (χ2v) is 4.72. The van der Waals surface area contributed by atoms with Gasteiger partial charge in [0.25, 0.3) is 0 Å². The maximum atomic E-state index is 11.1. The Morgan fingerprint density at radius 1 is 1.23 bits per heavy atom. The van der Waals surface area contributed by atoms with Crippen molar-refractivity contribution < 1.29 is 4.79 Å². The van der Waals surface area contributed by atoms with Crippen LogP contribution in [0.15, 0.2) is 18.2 Å². The van der Waals surface area contributed by atoms with Gasteiger partial charge in [-0.15, -0.1) is 0 Å². The molecule has 0 fully saturated rings. The van der Waals surface area contributed by atoms with Crippen molar-refractivity contribution in [3.63, 3.8) is 0 Å². The van der Waals surface area contributed by atoms with E-state index in [-0.39, 0.29) is 11.2 Å². The van der Waals surface area contributed by atoms with Gasteiger partial charge < -0.3 is 0 Å². The van der Waals surface area contributed by atoms with Crippen LogP contribution in [0.2, 0.25) is 0 Å². The van der Waals surface area contributed by atoms with E-state index in [0.717, 1.165) is 5.56 Å². The summed E-state index contributed by atoms with van der Waals surface area (Å²) in [5.41, 5.74) is 3.65. The number of fused-ring (bicyclic) bond motifs is 1. The fourth-order valence-corrected chi connectivity index (χ4v) is 1.64. The largest absolute Gasteiger partial charge is 0.294 e. The molecular formula is C12H14O. The van der Waals surface area contributed by atoms with E-state index < -0.39 is 0 Å². The van der Waals surface area contributed by atoms with Gasteiger partial charge >= 0.3 is 0 Å². The maximum Gasteiger partial charge on any atom is 0.167 e. The molecule has 1 nitrogen and oxygen atoms in total. The van der Waals surface area contributed by atoms with Gasteiger partial charge in [0.2, 0.25) is 0 Å². The van der Waals surface area contributed by atoms with Crippen LogP contribution in [0.25, 0.3) is 0 Å². The van der Waals surface area contributed by atoms with Crippen molar-refractivity contribution >= 4 is 5.78 Å². The molecule has 0 spiro atoms. The lowest BCUT2D eigenvalue weighted by molar-refractivity contribution is 0.0968. The minimum absolute atomic E-state index is 0.188. The number of Topliss-reactive ketones (excluding diaryl/α,β-unsaturated/α-hetero) is 1. The summed E-state index contributed by atoms with van der Waals surface area (Å²) in [6, 6.07) is 6.19. The van der Waals surface area contributed by atoms with Gasteiger partial charge in [-0.05, 0) is 16.5 Å². The molecule has 1 heteroatoms. The van der Waals surface area contributed by atoms with Crippen LogP contribution in [0, 0.1) is 0 Å². The lowest BCUT2D eigenvalue weighted by Gasteiger charge is -2.24. The molecule has 2 rings (SSSR count). The van der Waals surface area contributed by atoms with Crippen LogP contribution in [-0.4, -0.2) is 5.78 Å². The zero-order valence-corrected chi connectivity index (χ0v) is 8.35. The van der Waals surface area contributed by atoms with E-state index in [1.807, 2.05) is 6.07 Å². The van der Waals surface area contributed by atoms with E-state index in [1.165, 1.54) is 11.1 Å². The molecule has 0 unspecified atom stereocenters. The Labute approximate surface area is 78.8 Å². The molecule has 1 aliphatic rings. The molecular weight excluding hydrogens is 160 g/mol. The lowest BCUT2D eigenvalue weighted by atomic mass is 9.80. The Balaban J connectivity index is 2.44. The topological polar surface area (TPSA) is 17.1 Å². The van der Waals surface area contributed by atoms with Gasteiger partial charge in [0.05, 0.1) is 0 Å². The molecule has 0 N–H and O–H groups in total. The van der Waals surface area contributed by atoms with Gasteiger partial charge in [-0.1, -0.05) is 39.0 Å². The van der Waals surface area contributed by atoms with Crippen LogP contribution < -0.4 is 0 Å². The zero-order chi connectivity index (χ0) is 9.64. The lowest BCUT2D eigenvalue weighted by Crippen LogP contribution is -2.21. The molecule has 1 aromatic carbocycles. The minimum Gasteiger partial charge on any atom is -0.294 e. The smallest absolute Gasteiger partial charge is 0.167 e. The average molecular weight is 174 g/mol. The van der Waals surface area contributed by atoms with E-state index in [1.54, 1.807) is 0 Å². The first-order valence-corrected chi connectivity index (χ1v) is 4.65. The SMILES string of the molecule is CC(C)(C)c1ccc2c(c1)CC2=O. The Hall–Kier alpha value is -1.11. The quantitative estimate of drug-likeness (QED) is 0.591. The van der Waals surface area contributed by atoms with Crippen LogP contribution >= 0.6 is 0 Å². The Morgan fingerprint density at radius 2 is 1.92 bits per heavy atom. The summed E-state index contributed by atoms with van der Waals surface area (Å²) in [7, 11) is 0. The van der Waals surface area contributed by atoms with Crippen molar-refractivity contribution in [1.82, 2.24) is 0 Å².